The third kappa shape index (κ3) is 2.79. The molecule has 1 rings (SSSR count). The molecule has 2 amide bonds. The molecular weight excluding hydrogens is 234 g/mol. The summed E-state index contributed by atoms with van der Waals surface area (Å²) in [6.45, 7) is 2.29. The Hall–Kier alpha value is -2.05. The van der Waals surface area contributed by atoms with Gasteiger partial charge in [-0.1, -0.05) is 0 Å². The number of carbonyl (C=O) groups excluding carboxylic acids is 2. The summed E-state index contributed by atoms with van der Waals surface area (Å²) in [6.07, 6.45) is 1.42. The fraction of sp³-hybridized carbons (Fsp3) is 0.545. The van der Waals surface area contributed by atoms with Crippen LogP contribution in [0.4, 0.5) is 5.82 Å². The summed E-state index contributed by atoms with van der Waals surface area (Å²) < 4.78 is 1.43. The van der Waals surface area contributed by atoms with E-state index >= 15 is 0 Å². The minimum Gasteiger partial charge on any atom is -0.383 e. The maximum Gasteiger partial charge on any atom is 0.259 e. The summed E-state index contributed by atoms with van der Waals surface area (Å²) in [5.41, 5.74) is 6.07. The van der Waals surface area contributed by atoms with Crippen LogP contribution in [-0.4, -0.2) is 58.6 Å². The van der Waals surface area contributed by atoms with E-state index < -0.39 is 0 Å². The van der Waals surface area contributed by atoms with Gasteiger partial charge in [-0.2, -0.15) is 5.10 Å². The molecule has 1 aromatic heterocycles. The molecular formula is C11H19N5O2. The highest BCUT2D eigenvalue weighted by atomic mass is 16.2. The van der Waals surface area contributed by atoms with Gasteiger partial charge in [-0.3, -0.25) is 14.3 Å². The first-order valence-corrected chi connectivity index (χ1v) is 5.65. The van der Waals surface area contributed by atoms with Gasteiger partial charge in [0.05, 0.1) is 12.7 Å². The number of nitrogens with zero attached hydrogens (tertiary/aromatic N) is 4. The van der Waals surface area contributed by atoms with Crippen molar-refractivity contribution in [2.75, 3.05) is 32.9 Å². The average Bonchev–Trinajstić information content (AvgIpc) is 2.65. The lowest BCUT2D eigenvalue weighted by Crippen LogP contribution is -2.40. The topological polar surface area (TPSA) is 84.5 Å². The Bertz CT molecular complexity index is 452. The third-order valence-corrected chi connectivity index (χ3v) is 2.71. The van der Waals surface area contributed by atoms with E-state index in [4.69, 9.17) is 5.73 Å². The van der Waals surface area contributed by atoms with Crippen molar-refractivity contribution >= 4 is 17.6 Å². The van der Waals surface area contributed by atoms with Crippen molar-refractivity contribution in [2.24, 2.45) is 7.05 Å². The average molecular weight is 253 g/mol. The van der Waals surface area contributed by atoms with E-state index in [1.165, 1.54) is 20.7 Å². The van der Waals surface area contributed by atoms with Crippen molar-refractivity contribution in [1.82, 2.24) is 19.6 Å². The number of nitrogens with two attached hydrogens (primary N) is 1. The third-order valence-electron chi connectivity index (χ3n) is 2.71. The van der Waals surface area contributed by atoms with Gasteiger partial charge in [-0.05, 0) is 6.92 Å². The van der Waals surface area contributed by atoms with Crippen LogP contribution >= 0.6 is 0 Å². The minimum absolute atomic E-state index is 0.0384. The van der Waals surface area contributed by atoms with Crippen molar-refractivity contribution in [3.8, 4) is 0 Å². The molecule has 1 heterocycles. The van der Waals surface area contributed by atoms with Crippen molar-refractivity contribution < 1.29 is 9.59 Å². The van der Waals surface area contributed by atoms with Crippen LogP contribution in [-0.2, 0) is 11.8 Å². The predicted molar refractivity (Wildman–Crippen MR) is 67.9 cm³/mol. The van der Waals surface area contributed by atoms with Crippen LogP contribution in [0.3, 0.4) is 0 Å². The molecule has 0 spiro atoms. The van der Waals surface area contributed by atoms with Crippen LogP contribution in [0, 0.1) is 0 Å². The summed E-state index contributed by atoms with van der Waals surface area (Å²) in [6, 6.07) is 0. The van der Waals surface area contributed by atoms with Gasteiger partial charge in [-0.15, -0.1) is 0 Å². The lowest BCUT2D eigenvalue weighted by Gasteiger charge is -2.21. The lowest BCUT2D eigenvalue weighted by molar-refractivity contribution is -0.129. The normalized spacial score (nSPS) is 10.2. The van der Waals surface area contributed by atoms with Gasteiger partial charge in [0, 0.05) is 27.7 Å². The number of hydrogen-bond donors (Lipinski definition) is 1. The first-order valence-electron chi connectivity index (χ1n) is 5.65. The van der Waals surface area contributed by atoms with E-state index in [0.29, 0.717) is 17.9 Å². The van der Waals surface area contributed by atoms with Gasteiger partial charge in [0.15, 0.2) is 0 Å². The molecule has 7 heteroatoms. The molecule has 0 aromatic carbocycles. The summed E-state index contributed by atoms with van der Waals surface area (Å²) in [4.78, 5) is 26.7. The van der Waals surface area contributed by atoms with Crippen LogP contribution in [0.2, 0.25) is 0 Å². The number of rotatable bonds is 4. The zero-order valence-corrected chi connectivity index (χ0v) is 11.2. The molecule has 0 atom stereocenters. The molecule has 0 saturated carbocycles. The zero-order valence-electron chi connectivity index (χ0n) is 11.2. The Labute approximate surface area is 106 Å². The van der Waals surface area contributed by atoms with Crippen molar-refractivity contribution in [3.63, 3.8) is 0 Å². The number of aryl methyl sites for hydroxylation is 1. The van der Waals surface area contributed by atoms with Gasteiger partial charge in [0.1, 0.15) is 11.4 Å². The first-order chi connectivity index (χ1) is 8.38. The number of hydrogen-bond acceptors (Lipinski definition) is 4. The Morgan fingerprint density at radius 3 is 2.44 bits per heavy atom. The fourth-order valence-electron chi connectivity index (χ4n) is 1.41. The molecule has 0 radical (unpaired) electrons. The van der Waals surface area contributed by atoms with Gasteiger partial charge in [0.25, 0.3) is 5.91 Å². The van der Waals surface area contributed by atoms with E-state index in [1.807, 2.05) is 6.92 Å². The highest BCUT2D eigenvalue weighted by Gasteiger charge is 2.22. The second-order valence-electron chi connectivity index (χ2n) is 4.17. The molecule has 0 unspecified atom stereocenters. The Morgan fingerprint density at radius 2 is 2.06 bits per heavy atom. The molecule has 0 aliphatic heterocycles. The van der Waals surface area contributed by atoms with E-state index in [2.05, 4.69) is 5.10 Å². The van der Waals surface area contributed by atoms with Crippen LogP contribution in [0.15, 0.2) is 6.20 Å². The summed E-state index contributed by atoms with van der Waals surface area (Å²) >= 11 is 0. The van der Waals surface area contributed by atoms with E-state index in [-0.39, 0.29) is 18.4 Å². The summed E-state index contributed by atoms with van der Waals surface area (Å²) in [7, 11) is 4.96. The SMILES string of the molecule is CCN(CC(=O)N(C)C)C(=O)c1cnn(C)c1N. The largest absolute Gasteiger partial charge is 0.383 e. The van der Waals surface area contributed by atoms with Crippen LogP contribution in [0.5, 0.6) is 0 Å². The summed E-state index contributed by atoms with van der Waals surface area (Å²) in [5.74, 6) is -0.110. The molecule has 18 heavy (non-hydrogen) atoms. The highest BCUT2D eigenvalue weighted by Crippen LogP contribution is 2.12. The van der Waals surface area contributed by atoms with E-state index in [1.54, 1.807) is 21.1 Å². The Balaban J connectivity index is 2.86. The second-order valence-corrected chi connectivity index (χ2v) is 4.17. The highest BCUT2D eigenvalue weighted by molar-refractivity contribution is 5.99. The molecule has 0 aliphatic carbocycles. The number of aromatic nitrogens is 2. The number of carbonyl (C=O) groups is 2. The van der Waals surface area contributed by atoms with Crippen molar-refractivity contribution in [2.45, 2.75) is 6.92 Å². The molecule has 2 N–H and O–H groups in total. The quantitative estimate of drug-likeness (QED) is 0.788. The van der Waals surface area contributed by atoms with Crippen LogP contribution < -0.4 is 5.73 Å². The van der Waals surface area contributed by atoms with Crippen molar-refractivity contribution in [1.29, 1.82) is 0 Å². The van der Waals surface area contributed by atoms with Gasteiger partial charge in [-0.25, -0.2) is 0 Å². The lowest BCUT2D eigenvalue weighted by atomic mass is 10.2. The minimum atomic E-state index is -0.279. The maximum absolute atomic E-state index is 12.2. The Kier molecular flexibility index (Phi) is 4.30. The molecule has 0 bridgehead atoms. The van der Waals surface area contributed by atoms with Crippen LogP contribution in [0.25, 0.3) is 0 Å². The molecule has 1 aromatic rings. The summed E-state index contributed by atoms with van der Waals surface area (Å²) in [5, 5.41) is 3.92. The number of anilines is 1. The van der Waals surface area contributed by atoms with Crippen molar-refractivity contribution in [3.05, 3.63) is 11.8 Å². The van der Waals surface area contributed by atoms with E-state index in [9.17, 15) is 9.59 Å². The van der Waals surface area contributed by atoms with Crippen LogP contribution in [0.1, 0.15) is 17.3 Å². The molecule has 100 valence electrons. The van der Waals surface area contributed by atoms with Gasteiger partial charge < -0.3 is 15.5 Å². The Morgan fingerprint density at radius 1 is 1.44 bits per heavy atom. The smallest absolute Gasteiger partial charge is 0.259 e. The monoisotopic (exact) mass is 253 g/mol. The predicted octanol–water partition coefficient (Wildman–Crippen LogP) is -0.447. The fourth-order valence-corrected chi connectivity index (χ4v) is 1.41. The first kappa shape index (κ1) is 14.0. The number of nitrogen functional groups attached to an aromatic ring is 1. The number of amides is 2. The molecule has 0 aliphatic rings. The molecule has 7 nitrogen and oxygen atoms in total. The zero-order chi connectivity index (χ0) is 13.9. The van der Waals surface area contributed by atoms with Gasteiger partial charge >= 0.3 is 0 Å². The standard InChI is InChI=1S/C11H19N5O2/c1-5-16(7-9(17)14(2)3)11(18)8-6-13-15(4)10(8)12/h6H,5,7,12H2,1-4H3. The van der Waals surface area contributed by atoms with E-state index in [0.717, 1.165) is 0 Å². The molecule has 0 fully saturated rings. The molecule has 0 saturated heterocycles. The van der Waals surface area contributed by atoms with Gasteiger partial charge in [0.2, 0.25) is 5.91 Å². The number of likely N-dealkylation sites (N-methyl/N-ethyl adjacent to an activating group) is 2. The maximum atomic E-state index is 12.2. The second kappa shape index (κ2) is 5.52.